The van der Waals surface area contributed by atoms with Crippen LogP contribution in [0.4, 0.5) is 0 Å². The van der Waals surface area contributed by atoms with Gasteiger partial charge in [0.1, 0.15) is 0 Å². The van der Waals surface area contributed by atoms with Crippen LogP contribution >= 0.6 is 0 Å². The molecule has 3 fully saturated rings. The van der Waals surface area contributed by atoms with Gasteiger partial charge < -0.3 is 9.80 Å². The van der Waals surface area contributed by atoms with Gasteiger partial charge in [0.25, 0.3) is 0 Å². The molecule has 2 amide bonds. The third-order valence-corrected chi connectivity index (χ3v) is 6.14. The summed E-state index contributed by atoms with van der Waals surface area (Å²) in [6, 6.07) is 2.94. The van der Waals surface area contributed by atoms with Gasteiger partial charge in [-0.2, -0.15) is 5.10 Å². The predicted octanol–water partition coefficient (Wildman–Crippen LogP) is 1.12. The first-order chi connectivity index (χ1) is 12.5. The Morgan fingerprint density at radius 2 is 1.92 bits per heavy atom. The maximum absolute atomic E-state index is 12.3. The number of likely N-dealkylation sites (tertiary alicyclic amines) is 2. The number of carbonyl (C=O) groups excluding carboxylic acids is 2. The van der Waals surface area contributed by atoms with E-state index in [0.29, 0.717) is 19.0 Å². The van der Waals surface area contributed by atoms with Crippen molar-refractivity contribution in [1.29, 1.82) is 0 Å². The molecule has 3 heterocycles. The molecule has 2 aliphatic heterocycles. The topological polar surface area (TPSA) is 61.7 Å². The largest absolute Gasteiger partial charge is 0.349 e. The Hall–Kier alpha value is -1.89. The van der Waals surface area contributed by atoms with Crippen LogP contribution in [-0.2, 0) is 16.1 Å². The van der Waals surface area contributed by atoms with Gasteiger partial charge in [-0.1, -0.05) is 12.8 Å². The number of rotatable bonds is 5. The van der Waals surface area contributed by atoms with Crippen LogP contribution in [0.1, 0.15) is 43.8 Å². The van der Waals surface area contributed by atoms with Crippen LogP contribution in [-0.4, -0.2) is 76.1 Å². The molecule has 0 bridgehead atoms. The predicted molar refractivity (Wildman–Crippen MR) is 97.3 cm³/mol. The van der Waals surface area contributed by atoms with Crippen molar-refractivity contribution >= 4 is 11.8 Å². The molecule has 26 heavy (non-hydrogen) atoms. The third-order valence-electron chi connectivity index (χ3n) is 6.14. The lowest BCUT2D eigenvalue weighted by molar-refractivity contribution is -0.134. The molecule has 1 aromatic heterocycles. The number of hydrogen-bond donors (Lipinski definition) is 0. The summed E-state index contributed by atoms with van der Waals surface area (Å²) in [7, 11) is 3.52. The van der Waals surface area contributed by atoms with E-state index in [1.807, 2.05) is 11.1 Å². The van der Waals surface area contributed by atoms with E-state index in [-0.39, 0.29) is 23.8 Å². The van der Waals surface area contributed by atoms with Crippen molar-refractivity contribution in [1.82, 2.24) is 24.5 Å². The second kappa shape index (κ2) is 7.02. The Morgan fingerprint density at radius 1 is 1.19 bits per heavy atom. The lowest BCUT2D eigenvalue weighted by Crippen LogP contribution is -2.59. The third kappa shape index (κ3) is 3.24. The Labute approximate surface area is 154 Å². The van der Waals surface area contributed by atoms with Gasteiger partial charge in [0.05, 0.1) is 23.7 Å². The molecule has 1 unspecified atom stereocenters. The van der Waals surface area contributed by atoms with Crippen molar-refractivity contribution in [2.75, 3.05) is 33.7 Å². The van der Waals surface area contributed by atoms with Crippen molar-refractivity contribution in [2.45, 2.75) is 50.7 Å². The molecule has 7 heteroatoms. The molecule has 1 aliphatic carbocycles. The van der Waals surface area contributed by atoms with E-state index in [9.17, 15) is 9.59 Å². The zero-order valence-corrected chi connectivity index (χ0v) is 15.8. The number of hydrogen-bond acceptors (Lipinski definition) is 4. The lowest BCUT2D eigenvalue weighted by Gasteiger charge is -2.44. The van der Waals surface area contributed by atoms with Gasteiger partial charge in [-0.05, 0) is 18.9 Å². The highest BCUT2D eigenvalue weighted by atomic mass is 16.2. The van der Waals surface area contributed by atoms with Crippen molar-refractivity contribution in [3.8, 4) is 0 Å². The summed E-state index contributed by atoms with van der Waals surface area (Å²) in [5, 5.41) is 4.55. The van der Waals surface area contributed by atoms with E-state index in [2.05, 4.69) is 20.7 Å². The van der Waals surface area contributed by atoms with Gasteiger partial charge in [-0.3, -0.25) is 19.2 Å². The second-order valence-corrected chi connectivity index (χ2v) is 8.23. The fourth-order valence-electron chi connectivity index (χ4n) is 4.66. The van der Waals surface area contributed by atoms with Gasteiger partial charge in [0.2, 0.25) is 11.8 Å². The molecule has 0 N–H and O–H groups in total. The summed E-state index contributed by atoms with van der Waals surface area (Å²) in [5.74, 6) is 0.0266. The summed E-state index contributed by atoms with van der Waals surface area (Å²) >= 11 is 0. The number of amides is 2. The average molecular weight is 359 g/mol. The van der Waals surface area contributed by atoms with E-state index in [4.69, 9.17) is 0 Å². The van der Waals surface area contributed by atoms with Crippen LogP contribution in [0.25, 0.3) is 0 Å². The molecule has 3 aliphatic rings. The van der Waals surface area contributed by atoms with Gasteiger partial charge >= 0.3 is 0 Å². The molecule has 1 saturated carbocycles. The molecular formula is C19H29N5O2. The Kier molecular flexibility index (Phi) is 4.73. The highest BCUT2D eigenvalue weighted by Gasteiger charge is 2.42. The molecule has 2 saturated heterocycles. The summed E-state index contributed by atoms with van der Waals surface area (Å²) in [5.41, 5.74) is 1.28. The molecule has 0 aromatic carbocycles. The summed E-state index contributed by atoms with van der Waals surface area (Å²) in [6.07, 6.45) is 7.36. The van der Waals surface area contributed by atoms with Gasteiger partial charge in [-0.15, -0.1) is 0 Å². The minimum Gasteiger partial charge on any atom is -0.349 e. The summed E-state index contributed by atoms with van der Waals surface area (Å²) in [4.78, 5) is 30.4. The summed E-state index contributed by atoms with van der Waals surface area (Å²) in [6.45, 7) is 3.26. The molecule has 1 aromatic rings. The van der Waals surface area contributed by atoms with Crippen LogP contribution in [0.2, 0.25) is 0 Å². The van der Waals surface area contributed by atoms with Crippen molar-refractivity contribution in [3.63, 3.8) is 0 Å². The fraction of sp³-hybridized carbons (Fsp3) is 0.737. The smallest absolute Gasteiger partial charge is 0.227 e. The Morgan fingerprint density at radius 3 is 2.62 bits per heavy atom. The van der Waals surface area contributed by atoms with Gasteiger partial charge in [-0.25, -0.2) is 0 Å². The van der Waals surface area contributed by atoms with Crippen LogP contribution < -0.4 is 0 Å². The fourth-order valence-corrected chi connectivity index (χ4v) is 4.66. The maximum atomic E-state index is 12.3. The van der Waals surface area contributed by atoms with Crippen molar-refractivity contribution < 1.29 is 9.59 Å². The van der Waals surface area contributed by atoms with Crippen LogP contribution in [0.5, 0.6) is 0 Å². The van der Waals surface area contributed by atoms with Crippen LogP contribution in [0, 0.1) is 5.92 Å². The molecule has 0 radical (unpaired) electrons. The maximum Gasteiger partial charge on any atom is 0.227 e. The first-order valence-corrected chi connectivity index (χ1v) is 9.78. The van der Waals surface area contributed by atoms with E-state index in [1.54, 1.807) is 19.0 Å². The monoisotopic (exact) mass is 359 g/mol. The number of aromatic nitrogens is 2. The lowest BCUT2D eigenvalue weighted by atomic mass is 10.1. The minimum absolute atomic E-state index is 0.0671. The van der Waals surface area contributed by atoms with E-state index in [0.717, 1.165) is 19.6 Å². The van der Waals surface area contributed by atoms with Crippen molar-refractivity contribution in [2.24, 2.45) is 5.92 Å². The first-order valence-electron chi connectivity index (χ1n) is 9.78. The second-order valence-electron chi connectivity index (χ2n) is 8.23. The molecule has 4 rings (SSSR count). The van der Waals surface area contributed by atoms with E-state index in [1.165, 1.54) is 31.4 Å². The van der Waals surface area contributed by atoms with Gasteiger partial charge in [0.15, 0.2) is 0 Å². The molecular weight excluding hydrogens is 330 g/mol. The van der Waals surface area contributed by atoms with E-state index < -0.39 is 0 Å². The number of carbonyl (C=O) groups is 2. The number of nitrogens with zero attached hydrogens (tertiary/aromatic N) is 5. The molecule has 1 atom stereocenters. The minimum atomic E-state index is -0.171. The van der Waals surface area contributed by atoms with Crippen molar-refractivity contribution in [3.05, 3.63) is 18.0 Å². The standard InChI is InChI=1S/C19H29N5O2/c1-21(2)19(26)14-9-18(25)23(10-14)17-12-22(13-17)11-16-7-8-20-24(16)15-5-3-4-6-15/h7-8,14-15,17H,3-6,9-13H2,1-2H3. The highest BCUT2D eigenvalue weighted by Crippen LogP contribution is 2.31. The molecule has 0 spiro atoms. The average Bonchev–Trinajstić information content (AvgIpc) is 3.30. The Bertz CT molecular complexity index is 673. The SMILES string of the molecule is CN(C)C(=O)C1CC(=O)N(C2CN(Cc3ccnn3C3CCCC3)C2)C1. The summed E-state index contributed by atoms with van der Waals surface area (Å²) < 4.78 is 2.22. The normalized spacial score (nSPS) is 25.1. The van der Waals surface area contributed by atoms with Gasteiger partial charge in [0, 0.05) is 52.9 Å². The first kappa shape index (κ1) is 17.5. The van der Waals surface area contributed by atoms with E-state index >= 15 is 0 Å². The van der Waals surface area contributed by atoms with Crippen LogP contribution in [0.3, 0.4) is 0 Å². The molecule has 7 nitrogen and oxygen atoms in total. The molecule has 142 valence electrons. The Balaban J connectivity index is 1.30. The highest BCUT2D eigenvalue weighted by molar-refractivity contribution is 5.89. The quantitative estimate of drug-likeness (QED) is 0.790. The zero-order chi connectivity index (χ0) is 18.3. The zero-order valence-electron chi connectivity index (χ0n) is 15.8. The van der Waals surface area contributed by atoms with Crippen LogP contribution in [0.15, 0.2) is 12.3 Å².